The molecule has 0 unspecified atom stereocenters. The molecule has 0 aliphatic carbocycles. The van der Waals surface area contributed by atoms with Gasteiger partial charge in [-0.15, -0.1) is 11.3 Å². The molecule has 0 saturated heterocycles. The fraction of sp³-hybridized carbons (Fsp3) is 0.136. The third kappa shape index (κ3) is 4.48. The summed E-state index contributed by atoms with van der Waals surface area (Å²) in [7, 11) is 0. The topological polar surface area (TPSA) is 59.8 Å². The number of carbonyl (C=O) groups is 1. The predicted octanol–water partition coefficient (Wildman–Crippen LogP) is 6.76. The van der Waals surface area contributed by atoms with E-state index >= 15 is 0 Å². The maximum atomic E-state index is 13.1. The number of carbonyl (C=O) groups excluding carboxylic acids is 1. The number of benzene rings is 1. The number of amides is 1. The summed E-state index contributed by atoms with van der Waals surface area (Å²) >= 11 is 20.1. The summed E-state index contributed by atoms with van der Waals surface area (Å²) in [6.45, 7) is 3.74. The van der Waals surface area contributed by atoms with Crippen LogP contribution in [0.4, 0.5) is 0 Å². The normalized spacial score (nSPS) is 12.0. The lowest BCUT2D eigenvalue weighted by Crippen LogP contribution is -2.28. The highest BCUT2D eigenvalue weighted by atomic mass is 35.5. The number of hydrogen-bond acceptors (Lipinski definition) is 4. The molecule has 1 amide bonds. The molecule has 0 aliphatic heterocycles. The number of halogens is 3. The maximum absolute atomic E-state index is 13.1. The van der Waals surface area contributed by atoms with Crippen molar-refractivity contribution >= 4 is 52.0 Å². The molecule has 0 saturated carbocycles. The molecule has 0 bridgehead atoms. The molecule has 3 aromatic heterocycles. The summed E-state index contributed by atoms with van der Waals surface area (Å²) in [6.07, 6.45) is 1.69. The predicted molar refractivity (Wildman–Crippen MR) is 127 cm³/mol. The lowest BCUT2D eigenvalue weighted by molar-refractivity contribution is 0.0933. The Bertz CT molecular complexity index is 1250. The Kier molecular flexibility index (Phi) is 6.34. The monoisotopic (exact) mass is 490 g/mol. The van der Waals surface area contributed by atoms with E-state index in [1.54, 1.807) is 29.1 Å². The SMILES string of the molecule is Cc1c(C(=O)N[C@@H](C)c2ccccn2)nn(-c2ccc(Cl)cc2Cl)c1-c1ccc(Cl)s1. The second-order valence-electron chi connectivity index (χ2n) is 6.88. The van der Waals surface area contributed by atoms with E-state index in [0.717, 1.165) is 21.8 Å². The van der Waals surface area contributed by atoms with E-state index < -0.39 is 0 Å². The first-order valence-electron chi connectivity index (χ1n) is 9.37. The second-order valence-corrected chi connectivity index (χ2v) is 9.44. The van der Waals surface area contributed by atoms with Crippen LogP contribution in [0.25, 0.3) is 16.3 Å². The van der Waals surface area contributed by atoms with Gasteiger partial charge in [0, 0.05) is 16.8 Å². The Hall–Kier alpha value is -2.38. The molecule has 9 heteroatoms. The summed E-state index contributed by atoms with van der Waals surface area (Å²) in [6, 6.07) is 14.1. The molecule has 0 spiro atoms. The Morgan fingerprint density at radius 3 is 2.58 bits per heavy atom. The fourth-order valence-electron chi connectivity index (χ4n) is 3.24. The van der Waals surface area contributed by atoms with Crippen molar-refractivity contribution in [2.45, 2.75) is 19.9 Å². The van der Waals surface area contributed by atoms with Gasteiger partial charge in [-0.3, -0.25) is 9.78 Å². The van der Waals surface area contributed by atoms with Crippen LogP contribution in [0.5, 0.6) is 0 Å². The summed E-state index contributed by atoms with van der Waals surface area (Å²) in [5, 5.41) is 8.53. The molecule has 0 fully saturated rings. The summed E-state index contributed by atoms with van der Waals surface area (Å²) in [5.41, 5.74) is 3.14. The van der Waals surface area contributed by atoms with Crippen molar-refractivity contribution < 1.29 is 4.79 Å². The molecule has 31 heavy (non-hydrogen) atoms. The number of rotatable bonds is 5. The van der Waals surface area contributed by atoms with Gasteiger partial charge in [0.15, 0.2) is 5.69 Å². The molecular weight excluding hydrogens is 475 g/mol. The Labute approximate surface area is 198 Å². The lowest BCUT2D eigenvalue weighted by Gasteiger charge is -2.12. The van der Waals surface area contributed by atoms with Gasteiger partial charge in [-0.2, -0.15) is 5.10 Å². The average molecular weight is 492 g/mol. The van der Waals surface area contributed by atoms with Crippen molar-refractivity contribution in [3.63, 3.8) is 0 Å². The minimum atomic E-state index is -0.302. The first-order valence-corrected chi connectivity index (χ1v) is 11.3. The Morgan fingerprint density at radius 2 is 1.94 bits per heavy atom. The van der Waals surface area contributed by atoms with E-state index in [2.05, 4.69) is 15.4 Å². The highest BCUT2D eigenvalue weighted by Crippen LogP contribution is 2.37. The first-order chi connectivity index (χ1) is 14.8. The molecule has 1 N–H and O–H groups in total. The van der Waals surface area contributed by atoms with Crippen LogP contribution >= 0.6 is 46.1 Å². The van der Waals surface area contributed by atoms with Gasteiger partial charge in [0.2, 0.25) is 0 Å². The van der Waals surface area contributed by atoms with E-state index in [4.69, 9.17) is 34.8 Å². The van der Waals surface area contributed by atoms with Crippen LogP contribution in [0.2, 0.25) is 14.4 Å². The minimum Gasteiger partial charge on any atom is -0.343 e. The number of hydrogen-bond donors (Lipinski definition) is 1. The number of aromatic nitrogens is 3. The number of nitrogens with zero attached hydrogens (tertiary/aromatic N) is 3. The minimum absolute atomic E-state index is 0.281. The number of thiophene rings is 1. The molecule has 4 aromatic rings. The largest absolute Gasteiger partial charge is 0.343 e. The van der Waals surface area contributed by atoms with Gasteiger partial charge in [-0.25, -0.2) is 4.68 Å². The summed E-state index contributed by atoms with van der Waals surface area (Å²) in [4.78, 5) is 18.3. The van der Waals surface area contributed by atoms with Gasteiger partial charge in [-0.1, -0.05) is 40.9 Å². The third-order valence-corrected chi connectivity index (χ3v) is 6.54. The standard InChI is InChI=1S/C22H17Cl3N4OS/c1-12-20(22(30)27-13(2)16-5-3-4-10-26-16)28-29(17-7-6-14(23)11-15(17)24)21(12)18-8-9-19(25)31-18/h3-11,13H,1-2H3,(H,27,30)/t13-/m0/s1. The zero-order chi connectivity index (χ0) is 22.1. The summed E-state index contributed by atoms with van der Waals surface area (Å²) in [5.74, 6) is -0.302. The smallest absolute Gasteiger partial charge is 0.272 e. The van der Waals surface area contributed by atoms with Crippen LogP contribution in [0.15, 0.2) is 54.7 Å². The van der Waals surface area contributed by atoms with Gasteiger partial charge >= 0.3 is 0 Å². The van der Waals surface area contributed by atoms with Gasteiger partial charge < -0.3 is 5.32 Å². The van der Waals surface area contributed by atoms with E-state index in [1.807, 2.05) is 44.2 Å². The number of pyridine rings is 1. The Balaban J connectivity index is 1.79. The molecule has 1 aromatic carbocycles. The van der Waals surface area contributed by atoms with E-state index in [9.17, 15) is 4.79 Å². The quantitative estimate of drug-likeness (QED) is 0.336. The van der Waals surface area contributed by atoms with Crippen LogP contribution in [0.3, 0.4) is 0 Å². The molecule has 5 nitrogen and oxygen atoms in total. The van der Waals surface area contributed by atoms with E-state index in [-0.39, 0.29) is 11.9 Å². The van der Waals surface area contributed by atoms with E-state index in [0.29, 0.717) is 25.8 Å². The molecule has 4 rings (SSSR count). The van der Waals surface area contributed by atoms with Crippen molar-refractivity contribution in [1.82, 2.24) is 20.1 Å². The van der Waals surface area contributed by atoms with E-state index in [1.165, 1.54) is 11.3 Å². The molecule has 0 radical (unpaired) electrons. The first kappa shape index (κ1) is 21.8. The van der Waals surface area contributed by atoms with Crippen molar-refractivity contribution in [3.05, 3.63) is 86.1 Å². The Morgan fingerprint density at radius 1 is 1.13 bits per heavy atom. The average Bonchev–Trinajstić information content (AvgIpc) is 3.31. The van der Waals surface area contributed by atoms with Crippen LogP contribution < -0.4 is 5.32 Å². The molecule has 158 valence electrons. The zero-order valence-electron chi connectivity index (χ0n) is 16.6. The van der Waals surface area contributed by atoms with Crippen LogP contribution in [-0.2, 0) is 0 Å². The van der Waals surface area contributed by atoms with Crippen LogP contribution in [0, 0.1) is 6.92 Å². The van der Waals surface area contributed by atoms with Crippen molar-refractivity contribution in [1.29, 1.82) is 0 Å². The summed E-state index contributed by atoms with van der Waals surface area (Å²) < 4.78 is 2.30. The highest BCUT2D eigenvalue weighted by molar-refractivity contribution is 7.19. The number of nitrogens with one attached hydrogen (secondary N) is 1. The molecule has 3 heterocycles. The van der Waals surface area contributed by atoms with Crippen molar-refractivity contribution in [3.8, 4) is 16.3 Å². The maximum Gasteiger partial charge on any atom is 0.272 e. The zero-order valence-corrected chi connectivity index (χ0v) is 19.6. The van der Waals surface area contributed by atoms with Gasteiger partial charge in [0.1, 0.15) is 0 Å². The second kappa shape index (κ2) is 9.01. The van der Waals surface area contributed by atoms with Gasteiger partial charge in [0.05, 0.1) is 37.4 Å². The lowest BCUT2D eigenvalue weighted by atomic mass is 10.1. The molecule has 1 atom stereocenters. The fourth-order valence-corrected chi connectivity index (χ4v) is 4.86. The van der Waals surface area contributed by atoms with Gasteiger partial charge in [-0.05, 0) is 56.3 Å². The molecule has 0 aliphatic rings. The van der Waals surface area contributed by atoms with Crippen LogP contribution in [0.1, 0.15) is 34.7 Å². The third-order valence-electron chi connectivity index (χ3n) is 4.76. The molecular formula is C22H17Cl3N4OS. The van der Waals surface area contributed by atoms with Crippen molar-refractivity contribution in [2.75, 3.05) is 0 Å². The van der Waals surface area contributed by atoms with Crippen molar-refractivity contribution in [2.24, 2.45) is 0 Å². The highest BCUT2D eigenvalue weighted by Gasteiger charge is 2.25. The van der Waals surface area contributed by atoms with Gasteiger partial charge in [0.25, 0.3) is 5.91 Å². The van der Waals surface area contributed by atoms with Crippen LogP contribution in [-0.4, -0.2) is 20.7 Å².